The number of amides is 1. The van der Waals surface area contributed by atoms with Gasteiger partial charge in [0.05, 0.1) is 18.2 Å². The van der Waals surface area contributed by atoms with E-state index < -0.39 is 0 Å². The zero-order valence-electron chi connectivity index (χ0n) is 20.6. The third-order valence-corrected chi connectivity index (χ3v) is 5.86. The number of phenolic OH excluding ortho intramolecular Hbond substituents is 1. The Bertz CT molecular complexity index is 1160. The Morgan fingerprint density at radius 1 is 1.40 bits per heavy atom. The van der Waals surface area contributed by atoms with Crippen molar-refractivity contribution in [2.45, 2.75) is 26.3 Å². The van der Waals surface area contributed by atoms with Crippen molar-refractivity contribution < 1.29 is 9.90 Å². The number of carbonyl (C=O) groups excluding carboxylic acids is 1. The number of likely N-dealkylation sites (N-methyl/N-ethyl adjacent to an activating group) is 1. The number of aliphatic imine (C=N–C) groups is 1. The standard InChI is InChI=1S/C27H34N6O2/c1-4-7-19(2)17-31-26(33-13-12-30-21(18-33)10-11-28)16-25(29-3)27(35)32-24-15-22(34)14-20-8-5-6-9-23(20)24/h4-9,14-16,19,21,29-30,34H,10,12-13,17-18H2,1-3H3,(H,32,35)/b7-4-,25-16-,31-26+/t19?,21-/m0/s1. The number of benzene rings is 2. The molecule has 3 rings (SSSR count). The molecule has 1 aliphatic heterocycles. The number of carbonyl (C=O) groups is 1. The second-order valence-electron chi connectivity index (χ2n) is 8.64. The van der Waals surface area contributed by atoms with E-state index in [0.717, 1.165) is 23.9 Å². The molecule has 0 saturated carbocycles. The van der Waals surface area contributed by atoms with Gasteiger partial charge in [-0.15, -0.1) is 0 Å². The molecule has 1 unspecified atom stereocenters. The van der Waals surface area contributed by atoms with Gasteiger partial charge in [-0.25, -0.2) is 0 Å². The maximum Gasteiger partial charge on any atom is 0.271 e. The second kappa shape index (κ2) is 12.6. The highest BCUT2D eigenvalue weighted by atomic mass is 16.3. The fraction of sp³-hybridized carbons (Fsp3) is 0.370. The number of nitrogens with one attached hydrogen (secondary N) is 3. The summed E-state index contributed by atoms with van der Waals surface area (Å²) in [7, 11) is 1.70. The van der Waals surface area contributed by atoms with Crippen LogP contribution in [-0.2, 0) is 4.79 Å². The molecule has 0 spiro atoms. The van der Waals surface area contributed by atoms with E-state index in [-0.39, 0.29) is 23.6 Å². The van der Waals surface area contributed by atoms with E-state index in [2.05, 4.69) is 39.9 Å². The fourth-order valence-electron chi connectivity index (χ4n) is 4.11. The monoisotopic (exact) mass is 474 g/mol. The molecule has 8 heteroatoms. The first-order valence-corrected chi connectivity index (χ1v) is 11.9. The summed E-state index contributed by atoms with van der Waals surface area (Å²) in [5.41, 5.74) is 0.883. The molecule has 35 heavy (non-hydrogen) atoms. The van der Waals surface area contributed by atoms with Gasteiger partial charge in [-0.3, -0.25) is 9.79 Å². The number of nitrogens with zero attached hydrogens (tertiary/aromatic N) is 3. The van der Waals surface area contributed by atoms with Crippen LogP contribution in [0.2, 0.25) is 0 Å². The third-order valence-electron chi connectivity index (χ3n) is 5.86. The summed E-state index contributed by atoms with van der Waals surface area (Å²) in [6.07, 6.45) is 6.28. The number of nitriles is 1. The average Bonchev–Trinajstić information content (AvgIpc) is 2.84. The number of amidine groups is 1. The van der Waals surface area contributed by atoms with Crippen molar-refractivity contribution >= 4 is 28.2 Å². The van der Waals surface area contributed by atoms with Crippen LogP contribution in [-0.4, -0.2) is 61.0 Å². The molecule has 184 valence electrons. The Morgan fingerprint density at radius 3 is 2.94 bits per heavy atom. The Labute approximate surface area is 207 Å². The smallest absolute Gasteiger partial charge is 0.271 e. The zero-order chi connectivity index (χ0) is 25.2. The first-order chi connectivity index (χ1) is 16.9. The first kappa shape index (κ1) is 25.8. The summed E-state index contributed by atoms with van der Waals surface area (Å²) in [6.45, 7) is 6.76. The molecule has 2 aromatic carbocycles. The maximum absolute atomic E-state index is 13.3. The number of anilines is 1. The Kier molecular flexibility index (Phi) is 9.27. The molecule has 4 N–H and O–H groups in total. The number of phenols is 1. The molecule has 2 aromatic rings. The molecular weight excluding hydrogens is 440 g/mol. The topological polar surface area (TPSA) is 113 Å². The van der Waals surface area contributed by atoms with Gasteiger partial charge in [0.25, 0.3) is 5.91 Å². The van der Waals surface area contributed by atoms with Crippen molar-refractivity contribution in [3.8, 4) is 11.8 Å². The molecule has 1 heterocycles. The van der Waals surface area contributed by atoms with Crippen molar-refractivity contribution in [2.24, 2.45) is 10.9 Å². The van der Waals surface area contributed by atoms with Crippen LogP contribution in [0.4, 0.5) is 5.69 Å². The van der Waals surface area contributed by atoms with Gasteiger partial charge in [-0.2, -0.15) is 5.26 Å². The summed E-state index contributed by atoms with van der Waals surface area (Å²) >= 11 is 0. The van der Waals surface area contributed by atoms with E-state index in [1.54, 1.807) is 25.3 Å². The van der Waals surface area contributed by atoms with Crippen molar-refractivity contribution in [2.75, 3.05) is 38.5 Å². The molecule has 0 aliphatic carbocycles. The second-order valence-corrected chi connectivity index (χ2v) is 8.64. The lowest BCUT2D eigenvalue weighted by atomic mass is 10.1. The Morgan fingerprint density at radius 2 is 2.20 bits per heavy atom. The van der Waals surface area contributed by atoms with Gasteiger partial charge in [-0.05, 0) is 24.3 Å². The number of rotatable bonds is 8. The van der Waals surface area contributed by atoms with Crippen molar-refractivity contribution in [3.05, 3.63) is 60.3 Å². The highest BCUT2D eigenvalue weighted by Gasteiger charge is 2.22. The van der Waals surface area contributed by atoms with Gasteiger partial charge in [0, 0.05) is 56.8 Å². The molecule has 1 aliphatic rings. The predicted molar refractivity (Wildman–Crippen MR) is 141 cm³/mol. The van der Waals surface area contributed by atoms with Crippen LogP contribution in [0.5, 0.6) is 5.75 Å². The van der Waals surface area contributed by atoms with Gasteiger partial charge >= 0.3 is 0 Å². The van der Waals surface area contributed by atoms with E-state index in [4.69, 9.17) is 10.3 Å². The summed E-state index contributed by atoms with van der Waals surface area (Å²) in [5, 5.41) is 30.2. The highest BCUT2D eigenvalue weighted by molar-refractivity contribution is 6.11. The van der Waals surface area contributed by atoms with Gasteiger partial charge in [0.15, 0.2) is 0 Å². The van der Waals surface area contributed by atoms with E-state index in [1.165, 1.54) is 0 Å². The lowest BCUT2D eigenvalue weighted by Gasteiger charge is -2.34. The molecule has 1 amide bonds. The predicted octanol–water partition coefficient (Wildman–Crippen LogP) is 3.39. The number of fused-ring (bicyclic) bond motifs is 1. The van der Waals surface area contributed by atoms with Crippen LogP contribution in [0.1, 0.15) is 20.3 Å². The molecule has 1 fully saturated rings. The van der Waals surface area contributed by atoms with Crippen molar-refractivity contribution in [1.82, 2.24) is 15.5 Å². The Hall–Kier alpha value is -3.83. The van der Waals surface area contributed by atoms with Crippen molar-refractivity contribution in [1.29, 1.82) is 5.26 Å². The highest BCUT2D eigenvalue weighted by Crippen LogP contribution is 2.28. The maximum atomic E-state index is 13.3. The average molecular weight is 475 g/mol. The molecule has 0 radical (unpaired) electrons. The molecule has 8 nitrogen and oxygen atoms in total. The number of aromatic hydroxyl groups is 1. The fourth-order valence-corrected chi connectivity index (χ4v) is 4.11. The zero-order valence-corrected chi connectivity index (χ0v) is 20.6. The van der Waals surface area contributed by atoms with Gasteiger partial charge in [-0.1, -0.05) is 43.3 Å². The molecule has 2 atom stereocenters. The van der Waals surface area contributed by atoms with Gasteiger partial charge < -0.3 is 26.0 Å². The lowest BCUT2D eigenvalue weighted by molar-refractivity contribution is -0.113. The normalized spacial score (nSPS) is 17.9. The van der Waals surface area contributed by atoms with Crippen LogP contribution in [0.3, 0.4) is 0 Å². The molecular formula is C27H34N6O2. The quantitative estimate of drug-likeness (QED) is 0.202. The molecule has 0 bridgehead atoms. The van der Waals surface area contributed by atoms with Gasteiger partial charge in [0.1, 0.15) is 17.3 Å². The molecule has 1 saturated heterocycles. The minimum absolute atomic E-state index is 0.0471. The lowest BCUT2D eigenvalue weighted by Crippen LogP contribution is -2.52. The number of hydrogen-bond donors (Lipinski definition) is 4. The summed E-state index contributed by atoms with van der Waals surface area (Å²) < 4.78 is 0. The number of piperazine rings is 1. The molecule has 0 aromatic heterocycles. The third kappa shape index (κ3) is 7.08. The summed E-state index contributed by atoms with van der Waals surface area (Å²) in [4.78, 5) is 20.2. The van der Waals surface area contributed by atoms with E-state index in [0.29, 0.717) is 36.7 Å². The van der Waals surface area contributed by atoms with E-state index >= 15 is 0 Å². The summed E-state index contributed by atoms with van der Waals surface area (Å²) in [5.74, 6) is 0.706. The number of allylic oxidation sites excluding steroid dienone is 1. The minimum Gasteiger partial charge on any atom is -0.508 e. The van der Waals surface area contributed by atoms with Crippen LogP contribution >= 0.6 is 0 Å². The van der Waals surface area contributed by atoms with E-state index in [1.807, 2.05) is 37.3 Å². The van der Waals surface area contributed by atoms with Crippen LogP contribution in [0.25, 0.3) is 10.8 Å². The minimum atomic E-state index is -0.332. The summed E-state index contributed by atoms with van der Waals surface area (Å²) in [6, 6.07) is 13.1. The van der Waals surface area contributed by atoms with Crippen LogP contribution in [0.15, 0.2) is 65.3 Å². The van der Waals surface area contributed by atoms with E-state index in [9.17, 15) is 9.90 Å². The SMILES string of the molecule is C/C=C\C(C)C/N=C(\C=C(/NC)C(=O)Nc1cc(O)cc2ccccc12)N1CCN[C@@H](CC#N)C1. The first-order valence-electron chi connectivity index (χ1n) is 11.9. The van der Waals surface area contributed by atoms with Gasteiger partial charge in [0.2, 0.25) is 0 Å². The Balaban J connectivity index is 1.90. The van der Waals surface area contributed by atoms with Crippen LogP contribution < -0.4 is 16.0 Å². The largest absolute Gasteiger partial charge is 0.508 e. The van der Waals surface area contributed by atoms with Crippen molar-refractivity contribution in [3.63, 3.8) is 0 Å². The number of hydrogen-bond acceptors (Lipinski definition) is 6. The van der Waals surface area contributed by atoms with Crippen LogP contribution in [0, 0.1) is 17.2 Å².